The number of hydrogen-bond acceptors (Lipinski definition) is 5. The standard InChI is InChI=1S/C35H38F2N4O5/c1-22-31(33(42)39-17-7-5-6-8-18-39)32(38-34(43)40(22)21-24-9-13-26(36)20-28(24)37)23-10-16-30(29(19-23)41(44)45)46-27-14-11-25(12-15-27)35(2,3)4/h9-16,19-20,32H,5-8,17-18,21H2,1-4H3,(H,38,43). The van der Waals surface area contributed by atoms with E-state index in [2.05, 4.69) is 26.1 Å². The Morgan fingerprint density at radius 1 is 1.00 bits per heavy atom. The van der Waals surface area contributed by atoms with Crippen LogP contribution in [0.4, 0.5) is 19.3 Å². The van der Waals surface area contributed by atoms with Gasteiger partial charge in [-0.05, 0) is 60.6 Å². The van der Waals surface area contributed by atoms with Crippen LogP contribution in [-0.2, 0) is 16.8 Å². The van der Waals surface area contributed by atoms with Crippen LogP contribution in [-0.4, -0.2) is 39.8 Å². The number of benzene rings is 3. The molecule has 0 aliphatic carbocycles. The first kappa shape index (κ1) is 32.6. The molecule has 3 aromatic carbocycles. The van der Waals surface area contributed by atoms with Crippen LogP contribution in [0.1, 0.15) is 76.1 Å². The predicted molar refractivity (Wildman–Crippen MR) is 169 cm³/mol. The average molecular weight is 633 g/mol. The maximum absolute atomic E-state index is 14.6. The van der Waals surface area contributed by atoms with Crippen molar-refractivity contribution in [2.45, 2.75) is 71.4 Å². The molecule has 1 fully saturated rings. The highest BCUT2D eigenvalue weighted by Crippen LogP contribution is 2.39. The first-order valence-electron chi connectivity index (χ1n) is 15.4. The normalized spacial score (nSPS) is 17.4. The average Bonchev–Trinajstić information content (AvgIpc) is 3.29. The van der Waals surface area contributed by atoms with Crippen LogP contribution in [0.2, 0.25) is 0 Å². The van der Waals surface area contributed by atoms with Crippen LogP contribution in [0.3, 0.4) is 0 Å². The number of rotatable bonds is 7. The van der Waals surface area contributed by atoms with Crippen LogP contribution in [0.5, 0.6) is 11.5 Å². The highest BCUT2D eigenvalue weighted by molar-refractivity contribution is 5.98. The molecule has 0 radical (unpaired) electrons. The van der Waals surface area contributed by atoms with Gasteiger partial charge in [0.2, 0.25) is 5.75 Å². The second-order valence-electron chi connectivity index (χ2n) is 12.8. The van der Waals surface area contributed by atoms with E-state index in [1.807, 2.05) is 12.1 Å². The van der Waals surface area contributed by atoms with Crippen LogP contribution >= 0.6 is 0 Å². The number of nitrogens with one attached hydrogen (secondary N) is 1. The molecule has 2 aliphatic heterocycles. The van der Waals surface area contributed by atoms with Crippen molar-refractivity contribution in [1.82, 2.24) is 15.1 Å². The highest BCUT2D eigenvalue weighted by atomic mass is 19.1. The minimum Gasteiger partial charge on any atom is -0.450 e. The van der Waals surface area contributed by atoms with Crippen molar-refractivity contribution in [2.75, 3.05) is 13.1 Å². The van der Waals surface area contributed by atoms with Gasteiger partial charge in [-0.15, -0.1) is 0 Å². The maximum atomic E-state index is 14.6. The van der Waals surface area contributed by atoms with Crippen molar-refractivity contribution >= 4 is 17.6 Å². The Hall–Kier alpha value is -4.80. The fourth-order valence-corrected chi connectivity index (χ4v) is 5.86. The number of nitro benzene ring substituents is 1. The minimum absolute atomic E-state index is 0.00824. The molecule has 2 aliphatic rings. The van der Waals surface area contributed by atoms with Gasteiger partial charge in [0.25, 0.3) is 5.91 Å². The molecule has 0 saturated carbocycles. The number of carbonyl (C=O) groups excluding carboxylic acids is 2. The Balaban J connectivity index is 1.53. The first-order chi connectivity index (χ1) is 21.8. The lowest BCUT2D eigenvalue weighted by Gasteiger charge is -2.37. The second kappa shape index (κ2) is 13.3. The number of halogens is 2. The molecule has 46 heavy (non-hydrogen) atoms. The molecule has 1 unspecified atom stereocenters. The van der Waals surface area contributed by atoms with Gasteiger partial charge in [-0.3, -0.25) is 19.8 Å². The predicted octanol–water partition coefficient (Wildman–Crippen LogP) is 7.91. The summed E-state index contributed by atoms with van der Waals surface area (Å²) >= 11 is 0. The van der Waals surface area contributed by atoms with Crippen LogP contribution in [0, 0.1) is 21.7 Å². The van der Waals surface area contributed by atoms with Crippen molar-refractivity contribution < 1.29 is 28.0 Å². The number of urea groups is 1. The van der Waals surface area contributed by atoms with Crippen molar-refractivity contribution in [1.29, 1.82) is 0 Å². The lowest BCUT2D eigenvalue weighted by molar-refractivity contribution is -0.385. The molecule has 5 rings (SSSR count). The summed E-state index contributed by atoms with van der Waals surface area (Å²) in [6.07, 6.45) is 3.64. The number of nitro groups is 1. The highest BCUT2D eigenvalue weighted by Gasteiger charge is 2.38. The first-order valence-corrected chi connectivity index (χ1v) is 15.4. The molecule has 1 N–H and O–H groups in total. The van der Waals surface area contributed by atoms with E-state index in [9.17, 15) is 28.5 Å². The zero-order chi connectivity index (χ0) is 33.2. The van der Waals surface area contributed by atoms with E-state index in [1.54, 1.807) is 30.0 Å². The van der Waals surface area contributed by atoms with Gasteiger partial charge in [0.05, 0.1) is 23.1 Å². The molecule has 242 valence electrons. The fraction of sp³-hybridized carbons (Fsp3) is 0.371. The number of amides is 3. The molecular weight excluding hydrogens is 594 g/mol. The molecule has 1 atom stereocenters. The Bertz CT molecular complexity index is 1680. The number of likely N-dealkylation sites (tertiary alicyclic amines) is 1. The zero-order valence-corrected chi connectivity index (χ0v) is 26.4. The third-order valence-corrected chi connectivity index (χ3v) is 8.52. The molecule has 0 spiro atoms. The maximum Gasteiger partial charge on any atom is 0.322 e. The number of nitrogens with zero attached hydrogens (tertiary/aromatic N) is 3. The van der Waals surface area contributed by atoms with E-state index in [-0.39, 0.29) is 46.1 Å². The summed E-state index contributed by atoms with van der Waals surface area (Å²) in [5.74, 6) is -1.44. The Labute approximate surface area is 267 Å². The summed E-state index contributed by atoms with van der Waals surface area (Å²) in [4.78, 5) is 42.3. The topological polar surface area (TPSA) is 105 Å². The van der Waals surface area contributed by atoms with E-state index in [0.717, 1.165) is 43.4 Å². The molecule has 0 aromatic heterocycles. The summed E-state index contributed by atoms with van der Waals surface area (Å²) in [7, 11) is 0. The minimum atomic E-state index is -1.02. The molecule has 0 bridgehead atoms. The summed E-state index contributed by atoms with van der Waals surface area (Å²) < 4.78 is 34.1. The van der Waals surface area contributed by atoms with Crippen molar-refractivity contribution in [3.8, 4) is 11.5 Å². The van der Waals surface area contributed by atoms with Crippen LogP contribution < -0.4 is 10.1 Å². The Morgan fingerprint density at radius 2 is 1.67 bits per heavy atom. The van der Waals surface area contributed by atoms with Crippen LogP contribution in [0.25, 0.3) is 0 Å². The van der Waals surface area contributed by atoms with Crippen molar-refractivity contribution in [3.63, 3.8) is 0 Å². The quantitative estimate of drug-likeness (QED) is 0.211. The number of carbonyl (C=O) groups is 2. The zero-order valence-electron chi connectivity index (χ0n) is 26.4. The van der Waals surface area contributed by atoms with E-state index in [1.165, 1.54) is 23.1 Å². The summed E-state index contributed by atoms with van der Waals surface area (Å²) in [5.41, 5.74) is 1.58. The summed E-state index contributed by atoms with van der Waals surface area (Å²) in [6.45, 7) is 8.67. The third-order valence-electron chi connectivity index (χ3n) is 8.52. The lowest BCUT2D eigenvalue weighted by Crippen LogP contribution is -2.49. The molecular formula is C35H38F2N4O5. The van der Waals surface area contributed by atoms with E-state index in [4.69, 9.17) is 4.74 Å². The van der Waals surface area contributed by atoms with Gasteiger partial charge in [0.15, 0.2) is 0 Å². The van der Waals surface area contributed by atoms with Gasteiger partial charge >= 0.3 is 11.7 Å². The van der Waals surface area contributed by atoms with Gasteiger partial charge in [-0.1, -0.05) is 57.9 Å². The number of hydrogen-bond donors (Lipinski definition) is 1. The molecule has 1 saturated heterocycles. The van der Waals surface area contributed by atoms with Crippen LogP contribution in [0.15, 0.2) is 71.9 Å². The molecule has 11 heteroatoms. The molecule has 3 amide bonds. The van der Waals surface area contributed by atoms with E-state index < -0.39 is 28.6 Å². The second-order valence-corrected chi connectivity index (χ2v) is 12.8. The third kappa shape index (κ3) is 7.03. The fourth-order valence-electron chi connectivity index (χ4n) is 5.86. The van der Waals surface area contributed by atoms with Gasteiger partial charge in [0, 0.05) is 36.5 Å². The number of allylic oxidation sites excluding steroid dienone is 1. The van der Waals surface area contributed by atoms with Gasteiger partial charge in [-0.25, -0.2) is 13.6 Å². The van der Waals surface area contributed by atoms with Gasteiger partial charge in [-0.2, -0.15) is 0 Å². The Kier molecular flexibility index (Phi) is 9.41. The SMILES string of the molecule is CC1=C(C(=O)N2CCCCCC2)C(c2ccc(Oc3ccc(C(C)(C)C)cc3)c([N+](=O)[O-])c2)NC(=O)N1Cc1ccc(F)cc1F. The Morgan fingerprint density at radius 3 is 2.28 bits per heavy atom. The summed E-state index contributed by atoms with van der Waals surface area (Å²) in [6, 6.07) is 13.1. The largest absolute Gasteiger partial charge is 0.450 e. The monoisotopic (exact) mass is 632 g/mol. The van der Waals surface area contributed by atoms with E-state index in [0.29, 0.717) is 24.4 Å². The van der Waals surface area contributed by atoms with Crippen molar-refractivity contribution in [2.24, 2.45) is 0 Å². The summed E-state index contributed by atoms with van der Waals surface area (Å²) in [5, 5.41) is 15.1. The van der Waals surface area contributed by atoms with Gasteiger partial charge < -0.3 is 15.0 Å². The van der Waals surface area contributed by atoms with E-state index >= 15 is 0 Å². The van der Waals surface area contributed by atoms with Gasteiger partial charge in [0.1, 0.15) is 17.4 Å². The van der Waals surface area contributed by atoms with Crippen molar-refractivity contribution in [3.05, 3.63) is 110 Å². The number of ether oxygens (including phenoxy) is 1. The smallest absolute Gasteiger partial charge is 0.322 e. The molecule has 2 heterocycles. The molecule has 3 aromatic rings. The lowest BCUT2D eigenvalue weighted by atomic mass is 9.87. The molecule has 9 nitrogen and oxygen atoms in total.